The van der Waals surface area contributed by atoms with E-state index in [-0.39, 0.29) is 11.9 Å². The van der Waals surface area contributed by atoms with Crippen LogP contribution in [0.3, 0.4) is 0 Å². The lowest BCUT2D eigenvalue weighted by atomic mass is 9.90. The number of ether oxygens (including phenoxy) is 1. The van der Waals surface area contributed by atoms with Crippen LogP contribution >= 0.6 is 11.3 Å². The molecule has 2 aliphatic rings. The van der Waals surface area contributed by atoms with Crippen molar-refractivity contribution in [2.45, 2.75) is 71.4 Å². The summed E-state index contributed by atoms with van der Waals surface area (Å²) in [5.41, 5.74) is 2.50. The number of hydrogen-bond donors (Lipinski definition) is 1. The molecule has 1 N–H and O–H groups in total. The van der Waals surface area contributed by atoms with Gasteiger partial charge in [-0.25, -0.2) is 0 Å². The van der Waals surface area contributed by atoms with Crippen LogP contribution in [-0.4, -0.2) is 36.5 Å². The third-order valence-electron chi connectivity index (χ3n) is 4.81. The number of amides is 1. The Labute approximate surface area is 168 Å². The van der Waals surface area contributed by atoms with Gasteiger partial charge in [0, 0.05) is 24.8 Å². The van der Waals surface area contributed by atoms with Crippen LogP contribution in [0.4, 0.5) is 0 Å². The molecule has 150 valence electrons. The smallest absolute Gasteiger partial charge is 0.268 e. The molecule has 0 spiro atoms. The van der Waals surface area contributed by atoms with Gasteiger partial charge in [0.15, 0.2) is 0 Å². The van der Waals surface area contributed by atoms with E-state index in [1.165, 1.54) is 29.0 Å². The monoisotopic (exact) mass is 390 g/mol. The lowest BCUT2D eigenvalue weighted by Crippen LogP contribution is -2.43. The molecule has 1 aromatic heterocycles. The van der Waals surface area contributed by atoms with E-state index in [4.69, 9.17) is 4.74 Å². The number of hydrogen-bond acceptors (Lipinski definition) is 4. The summed E-state index contributed by atoms with van der Waals surface area (Å²) in [4.78, 5) is 16.1. The molecular weight excluding hydrogens is 356 g/mol. The van der Waals surface area contributed by atoms with Crippen molar-refractivity contribution in [1.82, 2.24) is 10.2 Å². The van der Waals surface area contributed by atoms with Gasteiger partial charge in [0.05, 0.1) is 6.61 Å². The molecule has 1 atom stereocenters. The molecule has 0 aromatic carbocycles. The zero-order chi connectivity index (χ0) is 19.8. The molecule has 1 amide bonds. The van der Waals surface area contributed by atoms with Crippen molar-refractivity contribution < 1.29 is 9.53 Å². The van der Waals surface area contributed by atoms with Gasteiger partial charge in [-0.2, -0.15) is 0 Å². The normalized spacial score (nSPS) is 19.0. The summed E-state index contributed by atoms with van der Waals surface area (Å²) in [5.74, 6) is 0.863. The first kappa shape index (κ1) is 21.5. The number of thiophene rings is 1. The molecule has 27 heavy (non-hydrogen) atoms. The van der Waals surface area contributed by atoms with E-state index < -0.39 is 0 Å². The fourth-order valence-electron chi connectivity index (χ4n) is 3.50. The van der Waals surface area contributed by atoms with Crippen molar-refractivity contribution >= 4 is 17.2 Å². The Bertz CT molecular complexity index is 661. The van der Waals surface area contributed by atoms with Gasteiger partial charge in [0.1, 0.15) is 10.6 Å². The molecule has 0 saturated heterocycles. The molecule has 3 rings (SSSR count). The lowest BCUT2D eigenvalue weighted by Gasteiger charge is -2.36. The topological polar surface area (TPSA) is 41.6 Å². The summed E-state index contributed by atoms with van der Waals surface area (Å²) in [6.07, 6.45) is 8.28. The zero-order valence-corrected chi connectivity index (χ0v) is 18.0. The second kappa shape index (κ2) is 10.5. The molecule has 1 heterocycles. The summed E-state index contributed by atoms with van der Waals surface area (Å²) < 4.78 is 5.64. The molecule has 4 nitrogen and oxygen atoms in total. The van der Waals surface area contributed by atoms with Gasteiger partial charge in [-0.1, -0.05) is 32.9 Å². The van der Waals surface area contributed by atoms with E-state index in [1.807, 2.05) is 31.5 Å². The minimum absolute atomic E-state index is 0.136. The molecule has 0 aliphatic heterocycles. The highest BCUT2D eigenvalue weighted by molar-refractivity contribution is 7.12. The average Bonchev–Trinajstić information content (AvgIpc) is 3.39. The molecule has 2 aliphatic carbocycles. The van der Waals surface area contributed by atoms with Gasteiger partial charge in [0.2, 0.25) is 0 Å². The highest BCUT2D eigenvalue weighted by Crippen LogP contribution is 2.38. The van der Waals surface area contributed by atoms with Crippen molar-refractivity contribution in [1.29, 1.82) is 0 Å². The van der Waals surface area contributed by atoms with E-state index in [0.29, 0.717) is 12.6 Å². The Morgan fingerprint density at radius 1 is 1.33 bits per heavy atom. The average molecular weight is 391 g/mol. The standard InChI is InChI=1S/C19H26N2O2S.C3H8/c1-4-13-12-15(8-9-16(13)20-3)21(14-6-7-14)19(22)18-17(23-5-2)10-11-24-18;1-3-2/h4,10-11,14-15,20H,1,5-9,12H2,2-3H3;3H2,1-2H3. The van der Waals surface area contributed by atoms with Crippen LogP contribution in [0.25, 0.3) is 0 Å². The Morgan fingerprint density at radius 2 is 2.04 bits per heavy atom. The third-order valence-corrected chi connectivity index (χ3v) is 5.69. The van der Waals surface area contributed by atoms with Crippen molar-refractivity contribution in [2.75, 3.05) is 13.7 Å². The first-order chi connectivity index (χ1) is 13.1. The van der Waals surface area contributed by atoms with E-state index in [9.17, 15) is 4.79 Å². The van der Waals surface area contributed by atoms with Gasteiger partial charge in [-0.05, 0) is 56.0 Å². The van der Waals surface area contributed by atoms with Gasteiger partial charge in [0.25, 0.3) is 5.91 Å². The molecule has 0 radical (unpaired) electrons. The summed E-state index contributed by atoms with van der Waals surface area (Å²) in [6, 6.07) is 2.55. The maximum Gasteiger partial charge on any atom is 0.268 e. The number of carbonyl (C=O) groups excluding carboxylic acids is 1. The molecule has 1 fully saturated rings. The minimum atomic E-state index is 0.136. The van der Waals surface area contributed by atoms with Crippen molar-refractivity contribution in [3.8, 4) is 5.75 Å². The number of allylic oxidation sites excluding steroid dienone is 2. The Balaban J connectivity index is 0.000000817. The lowest BCUT2D eigenvalue weighted by molar-refractivity contribution is 0.0645. The fourth-order valence-corrected chi connectivity index (χ4v) is 4.28. The van der Waals surface area contributed by atoms with Gasteiger partial charge >= 0.3 is 0 Å². The van der Waals surface area contributed by atoms with E-state index in [2.05, 4.69) is 30.6 Å². The van der Waals surface area contributed by atoms with Crippen LogP contribution in [0, 0.1) is 0 Å². The van der Waals surface area contributed by atoms with Crippen LogP contribution in [-0.2, 0) is 0 Å². The van der Waals surface area contributed by atoms with Crippen molar-refractivity contribution in [2.24, 2.45) is 0 Å². The van der Waals surface area contributed by atoms with Crippen LogP contribution < -0.4 is 10.1 Å². The van der Waals surface area contributed by atoms with Crippen molar-refractivity contribution in [3.05, 3.63) is 40.2 Å². The maximum atomic E-state index is 13.2. The quantitative estimate of drug-likeness (QED) is 0.679. The first-order valence-electron chi connectivity index (χ1n) is 10.2. The Kier molecular flexibility index (Phi) is 8.42. The summed E-state index contributed by atoms with van der Waals surface area (Å²) in [7, 11) is 1.96. The highest BCUT2D eigenvalue weighted by atomic mass is 32.1. The van der Waals surface area contributed by atoms with Crippen molar-refractivity contribution in [3.63, 3.8) is 0 Å². The second-order valence-electron chi connectivity index (χ2n) is 7.05. The summed E-state index contributed by atoms with van der Waals surface area (Å²) in [5, 5.41) is 5.22. The fraction of sp³-hybridized carbons (Fsp3) is 0.591. The predicted octanol–water partition coefficient (Wildman–Crippen LogP) is 5.38. The summed E-state index contributed by atoms with van der Waals surface area (Å²) in [6.45, 7) is 10.7. The van der Waals surface area contributed by atoms with Crippen LogP contribution in [0.1, 0.15) is 69.0 Å². The summed E-state index contributed by atoms with van der Waals surface area (Å²) >= 11 is 1.49. The van der Waals surface area contributed by atoms with Crippen LogP contribution in [0.5, 0.6) is 5.75 Å². The van der Waals surface area contributed by atoms with E-state index >= 15 is 0 Å². The number of rotatable bonds is 7. The molecule has 5 heteroatoms. The van der Waals surface area contributed by atoms with E-state index in [1.54, 1.807) is 0 Å². The Hall–Kier alpha value is -1.75. The maximum absolute atomic E-state index is 13.2. The van der Waals surface area contributed by atoms with Gasteiger partial charge < -0.3 is 15.0 Å². The minimum Gasteiger partial charge on any atom is -0.492 e. The van der Waals surface area contributed by atoms with Gasteiger partial charge in [-0.15, -0.1) is 11.3 Å². The van der Waals surface area contributed by atoms with Gasteiger partial charge in [-0.3, -0.25) is 4.79 Å². The largest absolute Gasteiger partial charge is 0.492 e. The molecular formula is C22H34N2O2S. The number of carbonyl (C=O) groups is 1. The van der Waals surface area contributed by atoms with Crippen LogP contribution in [0.2, 0.25) is 0 Å². The third kappa shape index (κ3) is 5.38. The molecule has 1 saturated carbocycles. The zero-order valence-electron chi connectivity index (χ0n) is 17.2. The number of nitrogens with one attached hydrogen (secondary N) is 1. The Morgan fingerprint density at radius 3 is 2.59 bits per heavy atom. The number of nitrogens with zero attached hydrogens (tertiary/aromatic N) is 1. The van der Waals surface area contributed by atoms with E-state index in [0.717, 1.165) is 42.7 Å². The molecule has 1 aromatic rings. The SMILES string of the molecule is C=CC1=C(NC)CCC(N(C(=O)c2sccc2OCC)C2CC2)C1.CCC. The first-order valence-corrected chi connectivity index (χ1v) is 11.0. The molecule has 0 bridgehead atoms. The second-order valence-corrected chi connectivity index (χ2v) is 7.97. The predicted molar refractivity (Wildman–Crippen MR) is 115 cm³/mol. The molecule has 1 unspecified atom stereocenters. The van der Waals surface area contributed by atoms with Crippen LogP contribution in [0.15, 0.2) is 35.4 Å². The highest BCUT2D eigenvalue weighted by Gasteiger charge is 2.40.